The predicted octanol–water partition coefficient (Wildman–Crippen LogP) is 2.98. The van der Waals surface area contributed by atoms with Crippen molar-refractivity contribution in [1.29, 1.82) is 0 Å². The molecule has 3 N–H and O–H groups in total. The molecule has 4 rings (SSSR count). The van der Waals surface area contributed by atoms with Gasteiger partial charge in [-0.2, -0.15) is 13.2 Å². The molecule has 0 spiro atoms. The average molecular weight is 435 g/mol. The minimum atomic E-state index is -4.32. The number of carbonyl (C=O) groups excluding carboxylic acids is 1. The topological polar surface area (TPSA) is 85.7 Å². The molecule has 0 radical (unpaired) electrons. The van der Waals surface area contributed by atoms with Crippen molar-refractivity contribution < 1.29 is 28.3 Å². The molecule has 1 aromatic heterocycles. The van der Waals surface area contributed by atoms with Crippen LogP contribution in [0.5, 0.6) is 0 Å². The van der Waals surface area contributed by atoms with Crippen molar-refractivity contribution in [2.45, 2.75) is 37.0 Å². The van der Waals surface area contributed by atoms with Crippen LogP contribution in [0.1, 0.15) is 46.8 Å². The first-order valence-electron chi connectivity index (χ1n) is 9.95. The molecule has 166 valence electrons. The third-order valence-electron chi connectivity index (χ3n) is 6.78. The molecule has 2 aliphatic rings. The number of likely N-dealkylation sites (tertiary alicyclic amines) is 1. The van der Waals surface area contributed by atoms with Gasteiger partial charge in [-0.1, -0.05) is 31.2 Å². The summed E-state index contributed by atoms with van der Waals surface area (Å²) in [7, 11) is 1.90. The first-order valence-corrected chi connectivity index (χ1v) is 9.95. The predicted molar refractivity (Wildman–Crippen MR) is 106 cm³/mol. The van der Waals surface area contributed by atoms with Gasteiger partial charge in [-0.3, -0.25) is 15.0 Å². The van der Waals surface area contributed by atoms with Gasteiger partial charge < -0.3 is 10.0 Å². The third kappa shape index (κ3) is 3.22. The molecule has 1 aromatic carbocycles. The molecule has 2 heterocycles. The number of amides is 1. The van der Waals surface area contributed by atoms with Crippen LogP contribution in [-0.2, 0) is 11.0 Å². The minimum Gasteiger partial charge on any atom is -0.380 e. The van der Waals surface area contributed by atoms with Gasteiger partial charge in [0.1, 0.15) is 5.60 Å². The molecule has 1 saturated heterocycles. The first kappa shape index (κ1) is 21.7. The van der Waals surface area contributed by atoms with Crippen molar-refractivity contribution in [2.75, 3.05) is 20.1 Å². The van der Waals surface area contributed by atoms with Gasteiger partial charge in [-0.15, -0.1) is 0 Å². The van der Waals surface area contributed by atoms with E-state index in [1.165, 1.54) is 42.7 Å². The monoisotopic (exact) mass is 435 g/mol. The van der Waals surface area contributed by atoms with Crippen LogP contribution in [0.2, 0.25) is 0 Å². The summed E-state index contributed by atoms with van der Waals surface area (Å²) in [6.45, 7) is 2.96. The van der Waals surface area contributed by atoms with Crippen LogP contribution in [0.15, 0.2) is 42.7 Å². The summed E-state index contributed by atoms with van der Waals surface area (Å²) in [6.07, 6.45) is -1.50. The lowest BCUT2D eigenvalue weighted by atomic mass is 9.62. The largest absolute Gasteiger partial charge is 0.398 e. The summed E-state index contributed by atoms with van der Waals surface area (Å²) in [5.41, 5.74) is -1.53. The summed E-state index contributed by atoms with van der Waals surface area (Å²) in [6, 6.07) is 7.37. The minimum absolute atomic E-state index is 0.0559. The molecule has 2 aromatic rings. The number of aliphatic hydroxyl groups is 1. The van der Waals surface area contributed by atoms with Gasteiger partial charge in [0, 0.05) is 36.5 Å². The zero-order chi connectivity index (χ0) is 22.7. The molecule has 1 aliphatic heterocycles. The van der Waals surface area contributed by atoms with Gasteiger partial charge in [0.05, 0.1) is 11.0 Å². The molecule has 2 fully saturated rings. The zero-order valence-electron chi connectivity index (χ0n) is 17.2. The van der Waals surface area contributed by atoms with E-state index in [9.17, 15) is 23.1 Å². The second kappa shape index (κ2) is 7.01. The molecule has 31 heavy (non-hydrogen) atoms. The van der Waals surface area contributed by atoms with Crippen LogP contribution < -0.4 is 5.48 Å². The fourth-order valence-corrected chi connectivity index (χ4v) is 4.96. The third-order valence-corrected chi connectivity index (χ3v) is 6.78. The highest BCUT2D eigenvalue weighted by Gasteiger charge is 2.64. The summed E-state index contributed by atoms with van der Waals surface area (Å²) in [4.78, 5) is 17.9. The van der Waals surface area contributed by atoms with E-state index in [-0.39, 0.29) is 24.0 Å². The molecule has 1 aliphatic carbocycles. The lowest BCUT2D eigenvalue weighted by Crippen LogP contribution is -2.63. The van der Waals surface area contributed by atoms with Crippen LogP contribution in [0.4, 0.5) is 13.2 Å². The summed E-state index contributed by atoms with van der Waals surface area (Å²) in [5.74, 6) is -0.774. The van der Waals surface area contributed by atoms with Crippen molar-refractivity contribution in [1.82, 2.24) is 15.4 Å². The van der Waals surface area contributed by atoms with Crippen LogP contribution in [0, 0.1) is 5.41 Å². The van der Waals surface area contributed by atoms with E-state index in [1.54, 1.807) is 5.48 Å². The first-order chi connectivity index (χ1) is 14.5. The van der Waals surface area contributed by atoms with Crippen molar-refractivity contribution in [3.8, 4) is 0 Å². The number of alkyl halides is 3. The van der Waals surface area contributed by atoms with Gasteiger partial charge in [-0.05, 0) is 37.1 Å². The maximum atomic E-state index is 13.5. The Kier molecular flexibility index (Phi) is 4.92. The number of hydroxylamine groups is 1. The normalized spacial score (nSPS) is 21.6. The van der Waals surface area contributed by atoms with E-state index in [0.717, 1.165) is 0 Å². The van der Waals surface area contributed by atoms with Crippen molar-refractivity contribution in [3.63, 3.8) is 0 Å². The van der Waals surface area contributed by atoms with Gasteiger partial charge in [-0.25, -0.2) is 5.48 Å². The van der Waals surface area contributed by atoms with Crippen molar-refractivity contribution in [2.24, 2.45) is 5.41 Å². The van der Waals surface area contributed by atoms with Crippen LogP contribution in [0.25, 0.3) is 0 Å². The Hall–Kier alpha value is -2.49. The molecule has 9 heteroatoms. The number of hydrogen-bond donors (Lipinski definition) is 3. The van der Waals surface area contributed by atoms with Crippen molar-refractivity contribution >= 4 is 5.91 Å². The van der Waals surface area contributed by atoms with E-state index >= 15 is 0 Å². The lowest BCUT2D eigenvalue weighted by molar-refractivity contribution is -0.160. The number of halogens is 3. The Balaban J connectivity index is 1.79. The van der Waals surface area contributed by atoms with E-state index < -0.39 is 28.5 Å². The highest BCUT2D eigenvalue weighted by Crippen LogP contribution is 2.59. The van der Waals surface area contributed by atoms with E-state index in [0.29, 0.717) is 24.2 Å². The number of pyridine rings is 1. The Bertz CT molecular complexity index is 999. The highest BCUT2D eigenvalue weighted by molar-refractivity contribution is 5.93. The Labute approximate surface area is 177 Å². The molecule has 1 amide bonds. The number of hydrogen-bond acceptors (Lipinski definition) is 5. The fraction of sp³-hybridized carbons (Fsp3) is 0.455. The SMILES string of the molecule is CN1CC(C)(C(O)(c2ccc(C3(C(F)(F)F)CC3)cc2)c2cncc(C(=O)NO)c2)C1. The number of nitrogens with zero attached hydrogens (tertiary/aromatic N) is 2. The van der Waals surface area contributed by atoms with Crippen molar-refractivity contribution in [3.05, 3.63) is 65.0 Å². The smallest absolute Gasteiger partial charge is 0.380 e. The van der Waals surface area contributed by atoms with Crippen LogP contribution >= 0.6 is 0 Å². The fourth-order valence-electron chi connectivity index (χ4n) is 4.96. The molecule has 1 saturated carbocycles. The number of benzene rings is 1. The van der Waals surface area contributed by atoms with Gasteiger partial charge in [0.25, 0.3) is 5.91 Å². The second-order valence-electron chi connectivity index (χ2n) is 9.00. The quantitative estimate of drug-likeness (QED) is 0.497. The maximum absolute atomic E-state index is 13.5. The lowest BCUT2D eigenvalue weighted by Gasteiger charge is -2.55. The summed E-state index contributed by atoms with van der Waals surface area (Å²) >= 11 is 0. The van der Waals surface area contributed by atoms with E-state index in [2.05, 4.69) is 4.98 Å². The number of carbonyl (C=O) groups is 1. The highest BCUT2D eigenvalue weighted by atomic mass is 19.4. The van der Waals surface area contributed by atoms with Crippen LogP contribution in [-0.4, -0.2) is 52.4 Å². The second-order valence-corrected chi connectivity index (χ2v) is 9.00. The molecular formula is C22H24F3N3O3. The maximum Gasteiger partial charge on any atom is 0.398 e. The molecule has 1 atom stereocenters. The standard InChI is InChI=1S/C22H24F3N3O3/c1-19(12-28(2)13-19)21(30,17-9-14(10-26-11-17)18(29)27-31)16-5-3-15(4-6-16)20(7-8-20)22(23,24)25/h3-6,9-11,30-31H,7-8,12-13H2,1-2H3,(H,27,29). The van der Waals surface area contributed by atoms with E-state index in [1.807, 2.05) is 18.9 Å². The van der Waals surface area contributed by atoms with Gasteiger partial charge in [0.15, 0.2) is 0 Å². The van der Waals surface area contributed by atoms with Gasteiger partial charge in [0.2, 0.25) is 0 Å². The van der Waals surface area contributed by atoms with E-state index in [4.69, 9.17) is 5.21 Å². The van der Waals surface area contributed by atoms with Crippen LogP contribution in [0.3, 0.4) is 0 Å². The molecule has 1 unspecified atom stereocenters. The Morgan fingerprint density at radius 3 is 2.23 bits per heavy atom. The number of rotatable bonds is 5. The molecule has 0 bridgehead atoms. The number of nitrogens with one attached hydrogen (secondary N) is 1. The van der Waals surface area contributed by atoms with Gasteiger partial charge >= 0.3 is 6.18 Å². The Morgan fingerprint density at radius 1 is 1.13 bits per heavy atom. The average Bonchev–Trinajstić information content (AvgIpc) is 3.54. The molecular weight excluding hydrogens is 411 g/mol. The number of aromatic nitrogens is 1. The Morgan fingerprint density at radius 2 is 1.74 bits per heavy atom. The zero-order valence-corrected chi connectivity index (χ0v) is 17.2. The summed E-state index contributed by atoms with van der Waals surface area (Å²) < 4.78 is 40.5. The molecule has 6 nitrogen and oxygen atoms in total. The summed E-state index contributed by atoms with van der Waals surface area (Å²) in [5, 5.41) is 21.0.